The highest BCUT2D eigenvalue weighted by atomic mass is 16.2. The van der Waals surface area contributed by atoms with Crippen LogP contribution in [0, 0.1) is 13.8 Å². The smallest absolute Gasteiger partial charge is 0.239 e. The van der Waals surface area contributed by atoms with Gasteiger partial charge in [-0.2, -0.15) is 5.10 Å². The number of carbonyl (C=O) groups excluding carboxylic acids is 2. The van der Waals surface area contributed by atoms with Gasteiger partial charge in [-0.15, -0.1) is 0 Å². The van der Waals surface area contributed by atoms with Gasteiger partial charge in [0.2, 0.25) is 11.8 Å². The van der Waals surface area contributed by atoms with Crippen LogP contribution >= 0.6 is 0 Å². The van der Waals surface area contributed by atoms with Crippen LogP contribution in [0.3, 0.4) is 0 Å². The van der Waals surface area contributed by atoms with Crippen LogP contribution < -0.4 is 10.6 Å². The molecule has 0 aromatic carbocycles. The highest BCUT2D eigenvalue weighted by molar-refractivity contribution is 5.86. The van der Waals surface area contributed by atoms with Crippen LogP contribution in [0.1, 0.15) is 37.7 Å². The summed E-state index contributed by atoms with van der Waals surface area (Å²) >= 11 is 0. The van der Waals surface area contributed by atoms with Crippen molar-refractivity contribution in [3.63, 3.8) is 0 Å². The molecule has 2 N–H and O–H groups in total. The molecule has 1 rings (SSSR count). The van der Waals surface area contributed by atoms with Gasteiger partial charge in [-0.25, -0.2) is 0 Å². The molecule has 1 heterocycles. The van der Waals surface area contributed by atoms with Crippen LogP contribution in [0.15, 0.2) is 0 Å². The number of hydrogen-bond donors (Lipinski definition) is 2. The summed E-state index contributed by atoms with van der Waals surface area (Å²) in [6.45, 7) is 9.49. The van der Waals surface area contributed by atoms with Gasteiger partial charge >= 0.3 is 0 Å². The Balaban J connectivity index is 2.51. The van der Waals surface area contributed by atoms with Crippen LogP contribution in [-0.4, -0.2) is 33.7 Å². The molecular formula is C14H24N4O2. The van der Waals surface area contributed by atoms with E-state index in [4.69, 9.17) is 0 Å². The normalized spacial score (nSPS) is 11.3. The van der Waals surface area contributed by atoms with E-state index in [0.717, 1.165) is 17.0 Å². The van der Waals surface area contributed by atoms with Gasteiger partial charge < -0.3 is 10.6 Å². The molecule has 0 aliphatic heterocycles. The maximum atomic E-state index is 11.9. The average Bonchev–Trinajstić information content (AvgIpc) is 2.51. The summed E-state index contributed by atoms with van der Waals surface area (Å²) in [6, 6.07) is 0. The van der Waals surface area contributed by atoms with E-state index in [2.05, 4.69) is 15.7 Å². The third kappa shape index (κ3) is 4.68. The summed E-state index contributed by atoms with van der Waals surface area (Å²) in [7, 11) is 1.85. The summed E-state index contributed by atoms with van der Waals surface area (Å²) in [5, 5.41) is 9.69. The monoisotopic (exact) mass is 280 g/mol. The molecule has 0 aliphatic rings. The van der Waals surface area contributed by atoms with E-state index in [1.165, 1.54) is 0 Å². The summed E-state index contributed by atoms with van der Waals surface area (Å²) in [5.41, 5.74) is 2.44. The third-order valence-electron chi connectivity index (χ3n) is 2.96. The quantitative estimate of drug-likeness (QED) is 0.848. The minimum atomic E-state index is -0.293. The Kier molecular flexibility index (Phi) is 4.92. The molecule has 0 fully saturated rings. The minimum Gasteiger partial charge on any atom is -0.350 e. The lowest BCUT2D eigenvalue weighted by atomic mass is 10.1. The minimum absolute atomic E-state index is 0.00550. The SMILES string of the molecule is Cc1nn(C)c(C)c1CC(=O)NCC(=O)NC(C)(C)C. The first-order valence-electron chi connectivity index (χ1n) is 6.67. The number of aromatic nitrogens is 2. The van der Waals surface area contributed by atoms with Crippen molar-refractivity contribution in [3.8, 4) is 0 Å². The number of aryl methyl sites for hydroxylation is 2. The van der Waals surface area contributed by atoms with Crippen LogP contribution in [0.25, 0.3) is 0 Å². The van der Waals surface area contributed by atoms with E-state index in [1.807, 2.05) is 41.7 Å². The Morgan fingerprint density at radius 3 is 2.25 bits per heavy atom. The zero-order valence-electron chi connectivity index (χ0n) is 13.1. The van der Waals surface area contributed by atoms with Crippen molar-refractivity contribution < 1.29 is 9.59 Å². The molecule has 0 aliphatic carbocycles. The maximum Gasteiger partial charge on any atom is 0.239 e. The lowest BCUT2D eigenvalue weighted by Crippen LogP contribution is -2.46. The molecule has 0 saturated heterocycles. The fourth-order valence-corrected chi connectivity index (χ4v) is 1.94. The summed E-state index contributed by atoms with van der Waals surface area (Å²) in [5.74, 6) is -0.362. The van der Waals surface area contributed by atoms with Gasteiger partial charge in [-0.1, -0.05) is 0 Å². The lowest BCUT2D eigenvalue weighted by molar-refractivity contribution is -0.126. The predicted molar refractivity (Wildman–Crippen MR) is 77.3 cm³/mol. The summed E-state index contributed by atoms with van der Waals surface area (Å²) in [6.07, 6.45) is 0.244. The Hall–Kier alpha value is -1.85. The first kappa shape index (κ1) is 16.2. The van der Waals surface area contributed by atoms with Crippen LogP contribution in [0.2, 0.25) is 0 Å². The zero-order valence-corrected chi connectivity index (χ0v) is 13.1. The Morgan fingerprint density at radius 1 is 1.20 bits per heavy atom. The number of nitrogens with one attached hydrogen (secondary N) is 2. The summed E-state index contributed by atoms with van der Waals surface area (Å²) < 4.78 is 1.75. The molecular weight excluding hydrogens is 256 g/mol. The Labute approximate surface area is 119 Å². The van der Waals surface area contributed by atoms with Gasteiger partial charge in [-0.3, -0.25) is 14.3 Å². The fraction of sp³-hybridized carbons (Fsp3) is 0.643. The van der Waals surface area contributed by atoms with Gasteiger partial charge in [0, 0.05) is 23.8 Å². The van der Waals surface area contributed by atoms with Crippen molar-refractivity contribution >= 4 is 11.8 Å². The van der Waals surface area contributed by atoms with Crippen molar-refractivity contribution in [2.45, 2.75) is 46.6 Å². The molecule has 1 aromatic rings. The lowest BCUT2D eigenvalue weighted by Gasteiger charge is -2.20. The standard InChI is InChI=1S/C14H24N4O2/c1-9-11(10(2)18(6)17-9)7-12(19)15-8-13(20)16-14(3,4)5/h7-8H2,1-6H3,(H,15,19)(H,16,20). The van der Waals surface area contributed by atoms with E-state index in [0.29, 0.717) is 0 Å². The van der Waals surface area contributed by atoms with E-state index in [-0.39, 0.29) is 30.3 Å². The second kappa shape index (κ2) is 6.07. The van der Waals surface area contributed by atoms with Gasteiger partial charge in [-0.05, 0) is 34.6 Å². The fourth-order valence-electron chi connectivity index (χ4n) is 1.94. The number of nitrogens with zero attached hydrogens (tertiary/aromatic N) is 2. The number of carbonyl (C=O) groups is 2. The maximum absolute atomic E-state index is 11.9. The molecule has 20 heavy (non-hydrogen) atoms. The molecule has 0 radical (unpaired) electrons. The molecule has 0 unspecified atom stereocenters. The third-order valence-corrected chi connectivity index (χ3v) is 2.96. The first-order chi connectivity index (χ1) is 9.10. The second-order valence-electron chi connectivity index (χ2n) is 6.02. The second-order valence-corrected chi connectivity index (χ2v) is 6.02. The van der Waals surface area contributed by atoms with Crippen LogP contribution in [0.5, 0.6) is 0 Å². The van der Waals surface area contributed by atoms with E-state index >= 15 is 0 Å². The largest absolute Gasteiger partial charge is 0.350 e. The number of hydrogen-bond acceptors (Lipinski definition) is 3. The molecule has 6 nitrogen and oxygen atoms in total. The van der Waals surface area contributed by atoms with Gasteiger partial charge in [0.1, 0.15) is 0 Å². The highest BCUT2D eigenvalue weighted by Crippen LogP contribution is 2.12. The van der Waals surface area contributed by atoms with Crippen molar-refractivity contribution in [2.24, 2.45) is 7.05 Å². The topological polar surface area (TPSA) is 76.0 Å². The van der Waals surface area contributed by atoms with Crippen molar-refractivity contribution in [2.75, 3.05) is 6.54 Å². The number of rotatable bonds is 4. The van der Waals surface area contributed by atoms with Crippen molar-refractivity contribution in [1.82, 2.24) is 20.4 Å². The predicted octanol–water partition coefficient (Wildman–Crippen LogP) is 0.610. The average molecular weight is 280 g/mol. The van der Waals surface area contributed by atoms with E-state index in [1.54, 1.807) is 4.68 Å². The molecule has 112 valence electrons. The Morgan fingerprint density at radius 2 is 1.80 bits per heavy atom. The van der Waals surface area contributed by atoms with Gasteiger partial charge in [0.15, 0.2) is 0 Å². The molecule has 0 spiro atoms. The summed E-state index contributed by atoms with van der Waals surface area (Å²) in [4.78, 5) is 23.5. The number of amides is 2. The van der Waals surface area contributed by atoms with E-state index < -0.39 is 0 Å². The van der Waals surface area contributed by atoms with Crippen LogP contribution in [-0.2, 0) is 23.1 Å². The van der Waals surface area contributed by atoms with Crippen LogP contribution in [0.4, 0.5) is 0 Å². The molecule has 0 bridgehead atoms. The van der Waals surface area contributed by atoms with Crippen molar-refractivity contribution in [1.29, 1.82) is 0 Å². The zero-order chi connectivity index (χ0) is 15.5. The Bertz CT molecular complexity index is 512. The highest BCUT2D eigenvalue weighted by Gasteiger charge is 2.16. The molecule has 0 atom stereocenters. The molecule has 1 aromatic heterocycles. The first-order valence-corrected chi connectivity index (χ1v) is 6.67. The van der Waals surface area contributed by atoms with Gasteiger partial charge in [0.05, 0.1) is 18.7 Å². The molecule has 0 saturated carbocycles. The van der Waals surface area contributed by atoms with Gasteiger partial charge in [0.25, 0.3) is 0 Å². The molecule has 6 heteroatoms. The van der Waals surface area contributed by atoms with Crippen molar-refractivity contribution in [3.05, 3.63) is 17.0 Å². The van der Waals surface area contributed by atoms with E-state index in [9.17, 15) is 9.59 Å². The molecule has 2 amide bonds.